The van der Waals surface area contributed by atoms with Gasteiger partial charge in [0.15, 0.2) is 0 Å². The molecule has 0 radical (unpaired) electrons. The van der Waals surface area contributed by atoms with Gasteiger partial charge in [0.2, 0.25) is 0 Å². The maximum atomic E-state index is 5.46. The first-order chi connectivity index (χ1) is 5.70. The van der Waals surface area contributed by atoms with Crippen LogP contribution in [0.15, 0.2) is 36.1 Å². The Balaban J connectivity index is 3.67. The number of hydrogen-bond donors (Lipinski definition) is 0. The van der Waals surface area contributed by atoms with Gasteiger partial charge >= 0.3 is 0 Å². The van der Waals surface area contributed by atoms with Gasteiger partial charge in [0, 0.05) is 6.42 Å². The average molecular weight is 166 g/mol. The minimum Gasteiger partial charge on any atom is -0.494 e. The minimum atomic E-state index is 0.722. The Bertz CT molecular complexity index is 187. The molecule has 0 aliphatic heterocycles. The van der Waals surface area contributed by atoms with Crippen molar-refractivity contribution < 1.29 is 4.74 Å². The fourth-order valence-electron chi connectivity index (χ4n) is 0.735. The van der Waals surface area contributed by atoms with Crippen LogP contribution < -0.4 is 0 Å². The van der Waals surface area contributed by atoms with Crippen molar-refractivity contribution in [3.63, 3.8) is 0 Å². The van der Waals surface area contributed by atoms with E-state index in [-0.39, 0.29) is 0 Å². The molecule has 0 aromatic rings. The molecule has 68 valence electrons. The summed E-state index contributed by atoms with van der Waals surface area (Å²) in [6, 6.07) is 0. The highest BCUT2D eigenvalue weighted by Gasteiger charge is 1.91. The summed E-state index contributed by atoms with van der Waals surface area (Å²) in [7, 11) is 0. The lowest BCUT2D eigenvalue weighted by Crippen LogP contribution is -1.93. The fourth-order valence-corrected chi connectivity index (χ4v) is 0.735. The van der Waals surface area contributed by atoms with Crippen molar-refractivity contribution >= 4 is 0 Å². The first kappa shape index (κ1) is 11.0. The quantitative estimate of drug-likeness (QED) is 0.345. The SMILES string of the molecule is C=C(C)CCOC(/C=C\C)=C/C. The van der Waals surface area contributed by atoms with Crippen LogP contribution in [0.4, 0.5) is 0 Å². The third kappa shape index (κ3) is 5.78. The summed E-state index contributed by atoms with van der Waals surface area (Å²) in [5.74, 6) is 0.929. The molecule has 0 aliphatic carbocycles. The molecule has 12 heavy (non-hydrogen) atoms. The van der Waals surface area contributed by atoms with Crippen LogP contribution in [0.2, 0.25) is 0 Å². The highest BCUT2D eigenvalue weighted by Crippen LogP contribution is 2.03. The predicted molar refractivity (Wildman–Crippen MR) is 54.0 cm³/mol. The minimum absolute atomic E-state index is 0.722. The third-order valence-corrected chi connectivity index (χ3v) is 1.41. The molecule has 0 rings (SSSR count). The zero-order valence-corrected chi connectivity index (χ0v) is 8.26. The van der Waals surface area contributed by atoms with E-state index < -0.39 is 0 Å². The van der Waals surface area contributed by atoms with E-state index in [2.05, 4.69) is 6.58 Å². The Morgan fingerprint density at radius 1 is 1.42 bits per heavy atom. The van der Waals surface area contributed by atoms with Crippen LogP contribution in [0.5, 0.6) is 0 Å². The lowest BCUT2D eigenvalue weighted by molar-refractivity contribution is 0.227. The molecule has 0 heterocycles. The van der Waals surface area contributed by atoms with Gasteiger partial charge in [-0.2, -0.15) is 0 Å². The molecule has 0 aliphatic rings. The van der Waals surface area contributed by atoms with Gasteiger partial charge in [0.05, 0.1) is 6.61 Å². The molecule has 0 aromatic heterocycles. The van der Waals surface area contributed by atoms with Gasteiger partial charge in [0.1, 0.15) is 5.76 Å². The number of hydrogen-bond acceptors (Lipinski definition) is 1. The molecule has 0 aromatic carbocycles. The van der Waals surface area contributed by atoms with E-state index in [0.29, 0.717) is 0 Å². The molecule has 0 fully saturated rings. The standard InChI is InChI=1S/C11H18O/c1-5-7-11(6-2)12-9-8-10(3)4/h5-7H,3,8-9H2,1-2,4H3/b7-5-,11-6+. The number of rotatable bonds is 5. The largest absolute Gasteiger partial charge is 0.494 e. The third-order valence-electron chi connectivity index (χ3n) is 1.41. The van der Waals surface area contributed by atoms with Crippen molar-refractivity contribution in [2.24, 2.45) is 0 Å². The van der Waals surface area contributed by atoms with Crippen molar-refractivity contribution in [3.05, 3.63) is 36.1 Å². The summed E-state index contributed by atoms with van der Waals surface area (Å²) in [5.41, 5.74) is 1.16. The topological polar surface area (TPSA) is 9.23 Å². The van der Waals surface area contributed by atoms with E-state index in [4.69, 9.17) is 4.74 Å². The van der Waals surface area contributed by atoms with E-state index in [0.717, 1.165) is 24.4 Å². The van der Waals surface area contributed by atoms with E-state index in [1.807, 2.05) is 39.0 Å². The van der Waals surface area contributed by atoms with Crippen molar-refractivity contribution in [2.75, 3.05) is 6.61 Å². The van der Waals surface area contributed by atoms with Crippen LogP contribution in [0, 0.1) is 0 Å². The second-order valence-corrected chi connectivity index (χ2v) is 2.75. The molecule has 0 saturated carbocycles. The van der Waals surface area contributed by atoms with Gasteiger partial charge in [-0.25, -0.2) is 0 Å². The average Bonchev–Trinajstić information content (AvgIpc) is 2.02. The maximum absolute atomic E-state index is 5.46. The normalized spacial score (nSPS) is 12.1. The highest BCUT2D eigenvalue weighted by atomic mass is 16.5. The Morgan fingerprint density at radius 3 is 2.50 bits per heavy atom. The Labute approximate surface area is 75.4 Å². The second-order valence-electron chi connectivity index (χ2n) is 2.75. The monoisotopic (exact) mass is 166 g/mol. The first-order valence-corrected chi connectivity index (χ1v) is 4.27. The van der Waals surface area contributed by atoms with Crippen LogP contribution in [0.1, 0.15) is 27.2 Å². The van der Waals surface area contributed by atoms with E-state index >= 15 is 0 Å². The molecule has 0 unspecified atom stereocenters. The molecule has 0 amide bonds. The van der Waals surface area contributed by atoms with Crippen LogP contribution in [0.3, 0.4) is 0 Å². The van der Waals surface area contributed by atoms with Gasteiger partial charge in [-0.3, -0.25) is 0 Å². The molecule has 1 nitrogen and oxygen atoms in total. The molecule has 0 N–H and O–H groups in total. The highest BCUT2D eigenvalue weighted by molar-refractivity contribution is 5.09. The second kappa shape index (κ2) is 6.71. The zero-order valence-electron chi connectivity index (χ0n) is 8.26. The Kier molecular flexibility index (Phi) is 6.16. The van der Waals surface area contributed by atoms with Crippen LogP contribution in [-0.2, 0) is 4.74 Å². The molecular formula is C11H18O. The van der Waals surface area contributed by atoms with Crippen LogP contribution in [-0.4, -0.2) is 6.61 Å². The Hall–Kier alpha value is -0.980. The van der Waals surface area contributed by atoms with E-state index in [1.165, 1.54) is 0 Å². The summed E-state index contributed by atoms with van der Waals surface area (Å²) in [4.78, 5) is 0. The molecule has 0 atom stereocenters. The van der Waals surface area contributed by atoms with Crippen LogP contribution in [0.25, 0.3) is 0 Å². The van der Waals surface area contributed by atoms with Crippen molar-refractivity contribution in [3.8, 4) is 0 Å². The molecule has 1 heteroatoms. The van der Waals surface area contributed by atoms with Crippen molar-refractivity contribution in [1.82, 2.24) is 0 Å². The summed E-state index contributed by atoms with van der Waals surface area (Å²) >= 11 is 0. The fraction of sp³-hybridized carbons (Fsp3) is 0.455. The van der Waals surface area contributed by atoms with Crippen LogP contribution >= 0.6 is 0 Å². The number of allylic oxidation sites excluding steroid dienone is 3. The smallest absolute Gasteiger partial charge is 0.114 e. The molecule has 0 spiro atoms. The lowest BCUT2D eigenvalue weighted by Gasteiger charge is -2.05. The van der Waals surface area contributed by atoms with E-state index in [1.54, 1.807) is 0 Å². The van der Waals surface area contributed by atoms with E-state index in [9.17, 15) is 0 Å². The molecular weight excluding hydrogens is 148 g/mol. The van der Waals surface area contributed by atoms with Gasteiger partial charge in [0.25, 0.3) is 0 Å². The number of ether oxygens (including phenoxy) is 1. The summed E-state index contributed by atoms with van der Waals surface area (Å²) < 4.78 is 5.46. The Morgan fingerprint density at radius 2 is 2.08 bits per heavy atom. The summed E-state index contributed by atoms with van der Waals surface area (Å²) in [6.07, 6.45) is 6.81. The predicted octanol–water partition coefficient (Wildman–Crippen LogP) is 3.45. The molecule has 0 bridgehead atoms. The van der Waals surface area contributed by atoms with Crippen molar-refractivity contribution in [1.29, 1.82) is 0 Å². The zero-order chi connectivity index (χ0) is 9.40. The lowest BCUT2D eigenvalue weighted by atomic mass is 10.3. The first-order valence-electron chi connectivity index (χ1n) is 4.27. The van der Waals surface area contributed by atoms with Gasteiger partial charge in [-0.05, 0) is 32.9 Å². The summed E-state index contributed by atoms with van der Waals surface area (Å²) in [6.45, 7) is 10.5. The maximum Gasteiger partial charge on any atom is 0.114 e. The van der Waals surface area contributed by atoms with Gasteiger partial charge in [-0.15, -0.1) is 6.58 Å². The van der Waals surface area contributed by atoms with Gasteiger partial charge < -0.3 is 4.74 Å². The van der Waals surface area contributed by atoms with Crippen molar-refractivity contribution in [2.45, 2.75) is 27.2 Å². The molecule has 0 saturated heterocycles. The van der Waals surface area contributed by atoms with Gasteiger partial charge in [-0.1, -0.05) is 11.6 Å². The summed E-state index contributed by atoms with van der Waals surface area (Å²) in [5, 5.41) is 0.